The number of fused-ring (bicyclic) bond motifs is 1. The third-order valence-electron chi connectivity index (χ3n) is 5.52. The molecule has 0 aromatic carbocycles. The molecule has 1 aromatic heterocycles. The summed E-state index contributed by atoms with van der Waals surface area (Å²) in [4.78, 5) is 41.5. The van der Waals surface area contributed by atoms with Crippen LogP contribution in [0.5, 0.6) is 0 Å². The average molecular weight is 391 g/mol. The SMILES string of the molecule is CC(C)CCNC(=O)[C@@]1(C)Cn2nc(C(=O)N3CCOCC3)cc2C(=O)N1C. The predicted octanol–water partition coefficient (Wildman–Crippen LogP) is 0.362. The molecule has 9 nitrogen and oxygen atoms in total. The smallest absolute Gasteiger partial charge is 0.274 e. The molecule has 3 rings (SSSR count). The molecular formula is C19H29N5O4. The fourth-order valence-electron chi connectivity index (χ4n) is 3.42. The second-order valence-corrected chi connectivity index (χ2v) is 8.05. The van der Waals surface area contributed by atoms with Crippen molar-refractivity contribution in [2.24, 2.45) is 5.92 Å². The molecule has 0 radical (unpaired) electrons. The van der Waals surface area contributed by atoms with Crippen LogP contribution >= 0.6 is 0 Å². The van der Waals surface area contributed by atoms with Crippen LogP contribution in [-0.4, -0.2) is 82.7 Å². The van der Waals surface area contributed by atoms with Crippen LogP contribution in [0.1, 0.15) is 48.2 Å². The van der Waals surface area contributed by atoms with Gasteiger partial charge in [0.25, 0.3) is 11.8 Å². The number of ether oxygens (including phenoxy) is 1. The van der Waals surface area contributed by atoms with E-state index in [-0.39, 0.29) is 30.0 Å². The molecule has 154 valence electrons. The first kappa shape index (κ1) is 20.3. The Balaban J connectivity index is 1.79. The lowest BCUT2D eigenvalue weighted by molar-refractivity contribution is -0.132. The Morgan fingerprint density at radius 1 is 1.32 bits per heavy atom. The molecule has 0 aliphatic carbocycles. The molecule has 0 saturated carbocycles. The second-order valence-electron chi connectivity index (χ2n) is 8.05. The summed E-state index contributed by atoms with van der Waals surface area (Å²) < 4.78 is 6.76. The van der Waals surface area contributed by atoms with Crippen LogP contribution in [0.4, 0.5) is 0 Å². The molecule has 3 heterocycles. The molecule has 9 heteroatoms. The Morgan fingerprint density at radius 3 is 2.64 bits per heavy atom. The molecule has 28 heavy (non-hydrogen) atoms. The summed E-state index contributed by atoms with van der Waals surface area (Å²) in [5.74, 6) is -0.276. The highest BCUT2D eigenvalue weighted by Gasteiger charge is 2.46. The Kier molecular flexibility index (Phi) is 5.74. The van der Waals surface area contributed by atoms with E-state index in [1.54, 1.807) is 18.9 Å². The van der Waals surface area contributed by atoms with Gasteiger partial charge < -0.3 is 19.9 Å². The van der Waals surface area contributed by atoms with Crippen LogP contribution < -0.4 is 5.32 Å². The molecule has 1 atom stereocenters. The summed E-state index contributed by atoms with van der Waals surface area (Å²) in [5.41, 5.74) is -0.512. The first-order chi connectivity index (χ1) is 13.2. The second kappa shape index (κ2) is 7.90. The summed E-state index contributed by atoms with van der Waals surface area (Å²) in [6.07, 6.45) is 0.866. The normalized spacial score (nSPS) is 22.4. The van der Waals surface area contributed by atoms with Crippen LogP contribution in [-0.2, 0) is 16.1 Å². The quantitative estimate of drug-likeness (QED) is 0.782. The van der Waals surface area contributed by atoms with Crippen LogP contribution in [0.2, 0.25) is 0 Å². The van der Waals surface area contributed by atoms with Gasteiger partial charge >= 0.3 is 0 Å². The lowest BCUT2D eigenvalue weighted by Gasteiger charge is -2.40. The predicted molar refractivity (Wildman–Crippen MR) is 102 cm³/mol. The molecule has 2 aliphatic heterocycles. The van der Waals surface area contributed by atoms with E-state index in [4.69, 9.17) is 4.74 Å². The fourth-order valence-corrected chi connectivity index (χ4v) is 3.42. The molecule has 1 saturated heterocycles. The van der Waals surface area contributed by atoms with Gasteiger partial charge in [0.05, 0.1) is 19.8 Å². The van der Waals surface area contributed by atoms with Crippen LogP contribution in [0.3, 0.4) is 0 Å². The number of hydrogen-bond donors (Lipinski definition) is 1. The van der Waals surface area contributed by atoms with Crippen molar-refractivity contribution in [3.05, 3.63) is 17.5 Å². The zero-order valence-electron chi connectivity index (χ0n) is 17.0. The number of likely N-dealkylation sites (N-methyl/N-ethyl adjacent to an activating group) is 1. The number of rotatable bonds is 5. The number of nitrogens with zero attached hydrogens (tertiary/aromatic N) is 4. The monoisotopic (exact) mass is 391 g/mol. The van der Waals surface area contributed by atoms with E-state index in [2.05, 4.69) is 24.3 Å². The highest BCUT2D eigenvalue weighted by molar-refractivity contribution is 6.01. The molecular weight excluding hydrogens is 362 g/mol. The molecule has 0 spiro atoms. The van der Waals surface area contributed by atoms with Gasteiger partial charge in [-0.1, -0.05) is 13.8 Å². The van der Waals surface area contributed by atoms with Crippen molar-refractivity contribution < 1.29 is 19.1 Å². The number of amides is 3. The lowest BCUT2D eigenvalue weighted by atomic mass is 9.95. The van der Waals surface area contributed by atoms with Crippen molar-refractivity contribution in [3.63, 3.8) is 0 Å². The molecule has 3 amide bonds. The number of carbonyl (C=O) groups excluding carboxylic acids is 3. The first-order valence-electron chi connectivity index (χ1n) is 9.75. The number of morpholine rings is 1. The molecule has 0 unspecified atom stereocenters. The fraction of sp³-hybridized carbons (Fsp3) is 0.684. The third-order valence-corrected chi connectivity index (χ3v) is 5.52. The first-order valence-corrected chi connectivity index (χ1v) is 9.75. The van der Waals surface area contributed by atoms with E-state index in [9.17, 15) is 14.4 Å². The van der Waals surface area contributed by atoms with Crippen molar-refractivity contribution in [2.75, 3.05) is 39.9 Å². The van der Waals surface area contributed by atoms with Gasteiger partial charge in [-0.2, -0.15) is 5.10 Å². The van der Waals surface area contributed by atoms with Gasteiger partial charge in [-0.25, -0.2) is 0 Å². The largest absolute Gasteiger partial charge is 0.378 e. The Labute approximate surface area is 165 Å². The van der Waals surface area contributed by atoms with Gasteiger partial charge in [-0.15, -0.1) is 0 Å². The van der Waals surface area contributed by atoms with E-state index in [0.717, 1.165) is 6.42 Å². The van der Waals surface area contributed by atoms with E-state index < -0.39 is 5.54 Å². The zero-order valence-corrected chi connectivity index (χ0v) is 17.0. The van der Waals surface area contributed by atoms with E-state index in [1.165, 1.54) is 15.6 Å². The van der Waals surface area contributed by atoms with Gasteiger partial charge in [0.15, 0.2) is 5.69 Å². The van der Waals surface area contributed by atoms with Crippen molar-refractivity contribution in [1.29, 1.82) is 0 Å². The van der Waals surface area contributed by atoms with Crippen LogP contribution in [0.15, 0.2) is 6.07 Å². The summed E-state index contributed by atoms with van der Waals surface area (Å²) >= 11 is 0. The Hall–Kier alpha value is -2.42. The standard InChI is InChI=1S/C19H29N5O4/c1-13(2)5-6-20-18(27)19(3)12-24-15(17(26)22(19)4)11-14(21-24)16(25)23-7-9-28-10-8-23/h11,13H,5-10,12H2,1-4H3,(H,20,27)/t19-/m1/s1. The third kappa shape index (κ3) is 3.76. The van der Waals surface area contributed by atoms with Gasteiger partial charge in [0, 0.05) is 32.7 Å². The summed E-state index contributed by atoms with van der Waals surface area (Å²) in [7, 11) is 1.62. The topological polar surface area (TPSA) is 96.8 Å². The molecule has 0 bridgehead atoms. The van der Waals surface area contributed by atoms with Gasteiger partial charge in [0.1, 0.15) is 11.2 Å². The summed E-state index contributed by atoms with van der Waals surface area (Å²) in [6, 6.07) is 1.52. The van der Waals surface area contributed by atoms with E-state index in [1.807, 2.05) is 0 Å². The van der Waals surface area contributed by atoms with E-state index >= 15 is 0 Å². The minimum atomic E-state index is -1.06. The highest BCUT2D eigenvalue weighted by atomic mass is 16.5. The number of aromatic nitrogens is 2. The van der Waals surface area contributed by atoms with E-state index in [0.29, 0.717) is 44.5 Å². The number of nitrogens with one attached hydrogen (secondary N) is 1. The van der Waals surface area contributed by atoms with Crippen molar-refractivity contribution >= 4 is 17.7 Å². The Morgan fingerprint density at radius 2 is 2.00 bits per heavy atom. The Bertz CT molecular complexity index is 768. The number of hydrogen-bond acceptors (Lipinski definition) is 5. The molecule has 2 aliphatic rings. The maximum absolute atomic E-state index is 12.9. The average Bonchev–Trinajstić information content (AvgIpc) is 3.09. The van der Waals surface area contributed by atoms with Gasteiger partial charge in [-0.3, -0.25) is 19.1 Å². The van der Waals surface area contributed by atoms with Crippen molar-refractivity contribution in [1.82, 2.24) is 24.9 Å². The lowest BCUT2D eigenvalue weighted by Crippen LogP contribution is -2.62. The summed E-state index contributed by atoms with van der Waals surface area (Å²) in [6.45, 7) is 8.67. The summed E-state index contributed by atoms with van der Waals surface area (Å²) in [5, 5.41) is 7.28. The van der Waals surface area contributed by atoms with Crippen molar-refractivity contribution in [2.45, 2.75) is 39.3 Å². The van der Waals surface area contributed by atoms with Gasteiger partial charge in [-0.05, 0) is 19.3 Å². The molecule has 1 aromatic rings. The molecule has 1 fully saturated rings. The maximum Gasteiger partial charge on any atom is 0.274 e. The zero-order chi connectivity index (χ0) is 20.5. The maximum atomic E-state index is 12.9. The van der Waals surface area contributed by atoms with Crippen LogP contribution in [0.25, 0.3) is 0 Å². The van der Waals surface area contributed by atoms with Crippen LogP contribution in [0, 0.1) is 5.92 Å². The molecule has 1 N–H and O–H groups in total. The number of carbonyl (C=O) groups is 3. The highest BCUT2D eigenvalue weighted by Crippen LogP contribution is 2.26. The minimum Gasteiger partial charge on any atom is -0.378 e. The minimum absolute atomic E-state index is 0.203. The van der Waals surface area contributed by atoms with Crippen molar-refractivity contribution in [3.8, 4) is 0 Å². The van der Waals surface area contributed by atoms with Gasteiger partial charge in [0.2, 0.25) is 5.91 Å².